The molecule has 0 aliphatic carbocycles. The summed E-state index contributed by atoms with van der Waals surface area (Å²) in [5.41, 5.74) is 10.3. The van der Waals surface area contributed by atoms with Gasteiger partial charge >= 0.3 is 5.97 Å². The van der Waals surface area contributed by atoms with E-state index in [4.69, 9.17) is 19.9 Å². The van der Waals surface area contributed by atoms with Gasteiger partial charge in [-0.05, 0) is 54.5 Å². The molecule has 1 spiro atoms. The zero-order valence-corrected chi connectivity index (χ0v) is 17.9. The minimum Gasteiger partial charge on any atom is -0.465 e. The van der Waals surface area contributed by atoms with Crippen molar-refractivity contribution in [3.8, 4) is 11.1 Å². The fraction of sp³-hybridized carbons (Fsp3) is 0.500. The van der Waals surface area contributed by atoms with Crippen LogP contribution < -0.4 is 5.73 Å². The van der Waals surface area contributed by atoms with Gasteiger partial charge in [-0.2, -0.15) is 0 Å². The lowest BCUT2D eigenvalue weighted by molar-refractivity contribution is -0.0905. The second-order valence-electron chi connectivity index (χ2n) is 8.68. The summed E-state index contributed by atoms with van der Waals surface area (Å²) in [5, 5.41) is 0. The summed E-state index contributed by atoms with van der Waals surface area (Å²) in [4.78, 5) is 18.8. The van der Waals surface area contributed by atoms with E-state index >= 15 is 0 Å². The Morgan fingerprint density at radius 3 is 2.71 bits per heavy atom. The number of nitrogens with two attached hydrogens (primary N) is 1. The van der Waals surface area contributed by atoms with Crippen LogP contribution in [0.2, 0.25) is 0 Å². The van der Waals surface area contributed by atoms with Gasteiger partial charge in [-0.1, -0.05) is 12.1 Å². The molecule has 3 aliphatic rings. The monoisotopic (exact) mass is 423 g/mol. The summed E-state index contributed by atoms with van der Waals surface area (Å²) in [6.45, 7) is 4.51. The average Bonchev–Trinajstić information content (AvgIpc) is 3.17. The molecule has 164 valence electrons. The van der Waals surface area contributed by atoms with Crippen LogP contribution in [0.4, 0.5) is 5.82 Å². The van der Waals surface area contributed by atoms with E-state index in [-0.39, 0.29) is 17.0 Å². The summed E-state index contributed by atoms with van der Waals surface area (Å²) < 4.78 is 16.8. The number of fused-ring (bicyclic) bond motifs is 2. The maximum atomic E-state index is 12.0. The van der Waals surface area contributed by atoms with E-state index in [0.29, 0.717) is 12.6 Å². The van der Waals surface area contributed by atoms with Gasteiger partial charge in [-0.25, -0.2) is 9.78 Å². The highest BCUT2D eigenvalue weighted by Crippen LogP contribution is 2.45. The Balaban J connectivity index is 1.35. The topological polar surface area (TPSA) is 86.9 Å². The predicted octanol–water partition coefficient (Wildman–Crippen LogP) is 3.12. The lowest BCUT2D eigenvalue weighted by Gasteiger charge is -2.43. The third-order valence-corrected chi connectivity index (χ3v) is 7.07. The first-order valence-corrected chi connectivity index (χ1v) is 11.0. The number of esters is 1. The smallest absolute Gasteiger partial charge is 0.341 e. The molecule has 0 atom stereocenters. The quantitative estimate of drug-likeness (QED) is 0.759. The minimum absolute atomic E-state index is 0.175. The van der Waals surface area contributed by atoms with Crippen LogP contribution in [-0.4, -0.2) is 55.3 Å². The summed E-state index contributed by atoms with van der Waals surface area (Å²) >= 11 is 0. The van der Waals surface area contributed by atoms with Gasteiger partial charge in [-0.15, -0.1) is 0 Å². The van der Waals surface area contributed by atoms with Crippen LogP contribution >= 0.6 is 0 Å². The van der Waals surface area contributed by atoms with Crippen LogP contribution in [0.15, 0.2) is 30.5 Å². The first-order chi connectivity index (χ1) is 15.1. The van der Waals surface area contributed by atoms with Crippen LogP contribution in [-0.2, 0) is 26.4 Å². The number of benzene rings is 1. The molecular weight excluding hydrogens is 394 g/mol. The number of rotatable bonds is 3. The van der Waals surface area contributed by atoms with Gasteiger partial charge < -0.3 is 19.9 Å². The van der Waals surface area contributed by atoms with Crippen molar-refractivity contribution in [2.45, 2.75) is 43.9 Å². The fourth-order valence-corrected chi connectivity index (χ4v) is 5.25. The van der Waals surface area contributed by atoms with Gasteiger partial charge in [0.1, 0.15) is 11.4 Å². The van der Waals surface area contributed by atoms with Gasteiger partial charge in [0.05, 0.1) is 19.3 Å². The third-order valence-electron chi connectivity index (χ3n) is 7.07. The van der Waals surface area contributed by atoms with Crippen molar-refractivity contribution < 1.29 is 19.0 Å². The molecule has 1 aromatic carbocycles. The van der Waals surface area contributed by atoms with Crippen molar-refractivity contribution in [1.29, 1.82) is 0 Å². The molecule has 2 fully saturated rings. The van der Waals surface area contributed by atoms with E-state index in [0.717, 1.165) is 63.1 Å². The number of hydrogen-bond acceptors (Lipinski definition) is 7. The number of pyridine rings is 1. The SMILES string of the molecule is COC(=O)c1cc(-c2ccc3c(c2)COC32CCN(C3CCOCC3)CC2)cnc1N. The lowest BCUT2D eigenvalue weighted by Crippen LogP contribution is -2.48. The Hall–Kier alpha value is -2.48. The number of ether oxygens (including phenoxy) is 3. The fourth-order valence-electron chi connectivity index (χ4n) is 5.25. The molecule has 7 heteroatoms. The zero-order chi connectivity index (χ0) is 21.4. The third kappa shape index (κ3) is 3.71. The molecule has 0 saturated carbocycles. The second-order valence-corrected chi connectivity index (χ2v) is 8.68. The molecular formula is C24H29N3O4. The molecule has 2 saturated heterocycles. The molecule has 3 aliphatic heterocycles. The molecule has 0 bridgehead atoms. The predicted molar refractivity (Wildman–Crippen MR) is 117 cm³/mol. The van der Waals surface area contributed by atoms with E-state index in [1.165, 1.54) is 18.2 Å². The summed E-state index contributed by atoms with van der Waals surface area (Å²) in [6, 6.07) is 8.83. The standard InChI is InChI=1S/C24H29N3O4/c1-29-23(28)20-13-17(14-26-22(20)25)16-2-3-21-18(12-16)15-31-24(21)6-8-27(9-7-24)19-4-10-30-11-5-19/h2-3,12-14,19H,4-11,15H2,1H3,(H2,25,26). The number of nitrogen functional groups attached to an aromatic ring is 1. The number of aromatic nitrogens is 1. The number of carbonyl (C=O) groups excluding carboxylic acids is 1. The summed E-state index contributed by atoms with van der Waals surface area (Å²) in [6.07, 6.45) is 6.01. The van der Waals surface area contributed by atoms with Crippen molar-refractivity contribution in [1.82, 2.24) is 9.88 Å². The Bertz CT molecular complexity index is 979. The van der Waals surface area contributed by atoms with Gasteiger partial charge in [0.25, 0.3) is 0 Å². The van der Waals surface area contributed by atoms with Crippen LogP contribution in [0.5, 0.6) is 0 Å². The average molecular weight is 424 g/mol. The van der Waals surface area contributed by atoms with E-state index in [2.05, 4.69) is 28.1 Å². The number of piperidine rings is 1. The summed E-state index contributed by atoms with van der Waals surface area (Å²) in [7, 11) is 1.34. The Labute approximate surface area is 182 Å². The first-order valence-electron chi connectivity index (χ1n) is 11.0. The number of anilines is 1. The highest BCUT2D eigenvalue weighted by atomic mass is 16.5. The normalized spacial score (nSPS) is 21.2. The van der Waals surface area contributed by atoms with Crippen LogP contribution in [0, 0.1) is 0 Å². The minimum atomic E-state index is -0.480. The van der Waals surface area contributed by atoms with Crippen molar-refractivity contribution >= 4 is 11.8 Å². The molecule has 1 aromatic heterocycles. The van der Waals surface area contributed by atoms with E-state index < -0.39 is 5.97 Å². The van der Waals surface area contributed by atoms with Crippen LogP contribution in [0.25, 0.3) is 11.1 Å². The number of hydrogen-bond donors (Lipinski definition) is 1. The lowest BCUT2D eigenvalue weighted by atomic mass is 9.82. The molecule has 5 rings (SSSR count). The van der Waals surface area contributed by atoms with Crippen LogP contribution in [0.1, 0.15) is 47.2 Å². The van der Waals surface area contributed by atoms with Crippen LogP contribution in [0.3, 0.4) is 0 Å². The van der Waals surface area contributed by atoms with E-state index in [9.17, 15) is 4.79 Å². The Morgan fingerprint density at radius 1 is 1.19 bits per heavy atom. The molecule has 2 aromatic rings. The maximum Gasteiger partial charge on any atom is 0.341 e. The largest absolute Gasteiger partial charge is 0.465 e. The van der Waals surface area contributed by atoms with E-state index in [1.807, 2.05) is 0 Å². The van der Waals surface area contributed by atoms with Gasteiger partial charge in [0, 0.05) is 44.1 Å². The van der Waals surface area contributed by atoms with Gasteiger partial charge in [0.2, 0.25) is 0 Å². The highest BCUT2D eigenvalue weighted by molar-refractivity contribution is 5.95. The van der Waals surface area contributed by atoms with Gasteiger partial charge in [0.15, 0.2) is 0 Å². The zero-order valence-electron chi connectivity index (χ0n) is 17.9. The second kappa shape index (κ2) is 8.22. The molecule has 31 heavy (non-hydrogen) atoms. The first kappa shape index (κ1) is 20.4. The van der Waals surface area contributed by atoms with Crippen molar-refractivity contribution in [3.63, 3.8) is 0 Å². The maximum absolute atomic E-state index is 12.0. The Kier molecular flexibility index (Phi) is 5.42. The highest BCUT2D eigenvalue weighted by Gasteiger charge is 2.43. The summed E-state index contributed by atoms with van der Waals surface area (Å²) in [5.74, 6) is -0.304. The Morgan fingerprint density at radius 2 is 1.97 bits per heavy atom. The van der Waals surface area contributed by atoms with E-state index in [1.54, 1.807) is 12.3 Å². The van der Waals surface area contributed by atoms with Gasteiger partial charge in [-0.3, -0.25) is 4.90 Å². The molecule has 0 radical (unpaired) electrons. The number of carbonyl (C=O) groups is 1. The number of likely N-dealkylation sites (tertiary alicyclic amines) is 1. The molecule has 2 N–H and O–H groups in total. The molecule has 0 amide bonds. The molecule has 7 nitrogen and oxygen atoms in total. The number of methoxy groups -OCH3 is 1. The van der Waals surface area contributed by atoms with Crippen molar-refractivity contribution in [2.75, 3.05) is 39.1 Å². The molecule has 4 heterocycles. The number of nitrogens with zero attached hydrogens (tertiary/aromatic N) is 2. The molecule has 0 unspecified atom stereocenters. The van der Waals surface area contributed by atoms with Crippen molar-refractivity contribution in [2.24, 2.45) is 0 Å². The van der Waals surface area contributed by atoms with Crippen molar-refractivity contribution in [3.05, 3.63) is 47.2 Å².